The molecular formula is C31H35FN10O. The smallest absolute Gasteiger partial charge is 0.323 e. The van der Waals surface area contributed by atoms with Crippen LogP contribution < -0.4 is 20.9 Å². The van der Waals surface area contributed by atoms with Gasteiger partial charge < -0.3 is 16.0 Å². The van der Waals surface area contributed by atoms with Gasteiger partial charge in [-0.25, -0.2) is 14.8 Å². The second-order valence-electron chi connectivity index (χ2n) is 10.5. The number of aromatic nitrogens is 5. The molecule has 5 rings (SSSR count). The number of benzene rings is 1. The molecule has 2 amide bonds. The lowest BCUT2D eigenvalue weighted by Crippen LogP contribution is -2.49. The Kier molecular flexibility index (Phi) is 9.74. The van der Waals surface area contributed by atoms with E-state index in [-0.39, 0.29) is 18.1 Å². The van der Waals surface area contributed by atoms with E-state index in [1.807, 2.05) is 55.7 Å². The van der Waals surface area contributed by atoms with Crippen molar-refractivity contribution in [3.8, 4) is 17.2 Å². The minimum Gasteiger partial charge on any atom is -0.369 e. The van der Waals surface area contributed by atoms with Crippen LogP contribution in [-0.2, 0) is 13.6 Å². The summed E-state index contributed by atoms with van der Waals surface area (Å²) in [5, 5.41) is 23.1. The van der Waals surface area contributed by atoms with E-state index in [0.717, 1.165) is 42.4 Å². The quantitative estimate of drug-likeness (QED) is 0.209. The summed E-state index contributed by atoms with van der Waals surface area (Å²) in [5.74, 6) is 1.40. The number of hydrogen-bond acceptors (Lipinski definition) is 8. The van der Waals surface area contributed by atoms with Crippen LogP contribution in [0.4, 0.5) is 26.8 Å². The van der Waals surface area contributed by atoms with Gasteiger partial charge in [-0.3, -0.25) is 14.0 Å². The summed E-state index contributed by atoms with van der Waals surface area (Å²) in [6, 6.07) is 15.6. The number of nitrogens with one attached hydrogen (secondary N) is 3. The lowest BCUT2D eigenvalue weighted by atomic mass is 9.90. The number of halogens is 1. The molecule has 0 unspecified atom stereocenters. The number of carbonyl (C=O) groups excluding carboxylic acids is 1. The normalized spacial score (nSPS) is 16.2. The Morgan fingerprint density at radius 1 is 1.07 bits per heavy atom. The van der Waals surface area contributed by atoms with Gasteiger partial charge in [0.15, 0.2) is 0 Å². The van der Waals surface area contributed by atoms with Crippen molar-refractivity contribution in [2.24, 2.45) is 7.05 Å². The number of nitrogens with zero attached hydrogens (tertiary/aromatic N) is 7. The SMILES string of the molecule is Cn1cc(-c2ccc(N(C(=O)NCc3ccccc3)C3CCC(Nc4ncc(C#N)c(NCCCF)n4)CC3)nc2)cn1. The fourth-order valence-corrected chi connectivity index (χ4v) is 5.19. The molecule has 0 spiro atoms. The van der Waals surface area contributed by atoms with Crippen LogP contribution in [0.5, 0.6) is 0 Å². The molecule has 11 nitrogen and oxygen atoms in total. The van der Waals surface area contributed by atoms with Gasteiger partial charge in [-0.15, -0.1) is 0 Å². The summed E-state index contributed by atoms with van der Waals surface area (Å²) in [6.45, 7) is 0.352. The third-order valence-corrected chi connectivity index (χ3v) is 7.45. The molecule has 0 bridgehead atoms. The highest BCUT2D eigenvalue weighted by molar-refractivity contribution is 5.91. The molecule has 3 heterocycles. The van der Waals surface area contributed by atoms with Crippen molar-refractivity contribution in [3.05, 3.63) is 78.4 Å². The van der Waals surface area contributed by atoms with Crippen molar-refractivity contribution in [1.29, 1.82) is 5.26 Å². The third-order valence-electron chi connectivity index (χ3n) is 7.45. The molecule has 1 aliphatic rings. The molecule has 0 saturated heterocycles. The molecule has 0 radical (unpaired) electrons. The number of hydrogen-bond donors (Lipinski definition) is 3. The second-order valence-corrected chi connectivity index (χ2v) is 10.5. The summed E-state index contributed by atoms with van der Waals surface area (Å²) >= 11 is 0. The zero-order chi connectivity index (χ0) is 30.0. The zero-order valence-electron chi connectivity index (χ0n) is 24.1. The monoisotopic (exact) mass is 582 g/mol. The predicted octanol–water partition coefficient (Wildman–Crippen LogP) is 5.05. The Bertz CT molecular complexity index is 1530. The molecule has 0 aliphatic heterocycles. The van der Waals surface area contributed by atoms with Gasteiger partial charge in [0, 0.05) is 55.7 Å². The van der Waals surface area contributed by atoms with Gasteiger partial charge in [-0.2, -0.15) is 15.3 Å². The highest BCUT2D eigenvalue weighted by atomic mass is 19.1. The Morgan fingerprint density at radius 3 is 2.56 bits per heavy atom. The minimum absolute atomic E-state index is 0.0506. The molecule has 3 aromatic heterocycles. The number of rotatable bonds is 11. The van der Waals surface area contributed by atoms with Crippen LogP contribution in [0, 0.1) is 11.3 Å². The van der Waals surface area contributed by atoms with Gasteiger partial charge in [-0.1, -0.05) is 30.3 Å². The summed E-state index contributed by atoms with van der Waals surface area (Å²) in [7, 11) is 1.87. The van der Waals surface area contributed by atoms with Crippen molar-refractivity contribution >= 4 is 23.6 Å². The molecule has 1 aliphatic carbocycles. The van der Waals surface area contributed by atoms with E-state index in [2.05, 4.69) is 37.1 Å². The van der Waals surface area contributed by atoms with Crippen molar-refractivity contribution in [1.82, 2.24) is 30.0 Å². The summed E-state index contributed by atoms with van der Waals surface area (Å²) in [6.07, 6.45) is 10.4. The van der Waals surface area contributed by atoms with Gasteiger partial charge in [-0.05, 0) is 49.8 Å². The molecule has 3 N–H and O–H groups in total. The number of pyridine rings is 1. The van der Waals surface area contributed by atoms with Crippen LogP contribution in [0.2, 0.25) is 0 Å². The van der Waals surface area contributed by atoms with Crippen LogP contribution in [0.3, 0.4) is 0 Å². The molecule has 43 heavy (non-hydrogen) atoms. The molecular weight excluding hydrogens is 547 g/mol. The van der Waals surface area contributed by atoms with Gasteiger partial charge in [0.2, 0.25) is 5.95 Å². The summed E-state index contributed by atoms with van der Waals surface area (Å²) in [4.78, 5) is 28.9. The van der Waals surface area contributed by atoms with E-state index in [4.69, 9.17) is 4.98 Å². The standard InChI is InChI=1S/C31H35FN10O/c1-41-21-25(20-38-41)23-8-13-28(35-18-23)42(31(43)37-17-22-6-3-2-4-7-22)27-11-9-26(10-12-27)39-30-36-19-24(16-33)29(40-30)34-15-5-14-32/h2-4,6-8,13,18-21,26-27H,5,9-12,14-15,17H2,1H3,(H,37,43)(H2,34,36,39,40). The lowest BCUT2D eigenvalue weighted by Gasteiger charge is -2.36. The first-order valence-corrected chi connectivity index (χ1v) is 14.4. The first kappa shape index (κ1) is 29.4. The average Bonchev–Trinajstić information content (AvgIpc) is 3.48. The molecule has 1 aromatic carbocycles. The molecule has 0 atom stereocenters. The molecule has 4 aromatic rings. The van der Waals surface area contributed by atoms with E-state index >= 15 is 0 Å². The van der Waals surface area contributed by atoms with E-state index in [0.29, 0.717) is 42.7 Å². The Balaban J connectivity index is 1.27. The number of urea groups is 1. The van der Waals surface area contributed by atoms with E-state index in [9.17, 15) is 14.4 Å². The molecule has 1 fully saturated rings. The van der Waals surface area contributed by atoms with E-state index < -0.39 is 6.67 Å². The minimum atomic E-state index is -0.445. The molecule has 222 valence electrons. The number of carbonyl (C=O) groups is 1. The maximum atomic E-state index is 13.6. The van der Waals surface area contributed by atoms with Crippen LogP contribution in [0.1, 0.15) is 43.2 Å². The number of alkyl halides is 1. The van der Waals surface area contributed by atoms with Gasteiger partial charge in [0.25, 0.3) is 0 Å². The van der Waals surface area contributed by atoms with Crippen molar-refractivity contribution < 1.29 is 9.18 Å². The first-order valence-electron chi connectivity index (χ1n) is 14.4. The average molecular weight is 583 g/mol. The van der Waals surface area contributed by atoms with E-state index in [1.54, 1.807) is 22.0 Å². The maximum absolute atomic E-state index is 13.6. The Morgan fingerprint density at radius 2 is 1.88 bits per heavy atom. The number of aryl methyl sites for hydroxylation is 1. The fraction of sp³-hybridized carbons (Fsp3) is 0.355. The number of nitriles is 1. The molecule has 12 heteroatoms. The van der Waals surface area contributed by atoms with Crippen LogP contribution >= 0.6 is 0 Å². The van der Waals surface area contributed by atoms with E-state index in [1.165, 1.54) is 6.20 Å². The predicted molar refractivity (Wildman–Crippen MR) is 163 cm³/mol. The Hall–Kier alpha value is -5.05. The maximum Gasteiger partial charge on any atom is 0.323 e. The van der Waals surface area contributed by atoms with Crippen molar-refractivity contribution in [2.75, 3.05) is 28.8 Å². The fourth-order valence-electron chi connectivity index (χ4n) is 5.19. The largest absolute Gasteiger partial charge is 0.369 e. The highest BCUT2D eigenvalue weighted by Crippen LogP contribution is 2.29. The van der Waals surface area contributed by atoms with Gasteiger partial charge in [0.1, 0.15) is 23.3 Å². The van der Waals surface area contributed by atoms with Crippen molar-refractivity contribution in [3.63, 3.8) is 0 Å². The summed E-state index contributed by atoms with van der Waals surface area (Å²) in [5.41, 5.74) is 3.21. The van der Waals surface area contributed by atoms with Crippen LogP contribution in [-0.4, -0.2) is 56.1 Å². The lowest BCUT2D eigenvalue weighted by molar-refractivity contribution is 0.240. The number of anilines is 3. The zero-order valence-corrected chi connectivity index (χ0v) is 24.1. The summed E-state index contributed by atoms with van der Waals surface area (Å²) < 4.78 is 14.3. The first-order chi connectivity index (χ1) is 21.0. The Labute approximate surface area is 250 Å². The van der Waals surface area contributed by atoms with Crippen LogP contribution in [0.15, 0.2) is 67.3 Å². The van der Waals surface area contributed by atoms with Gasteiger partial charge in [0.05, 0.1) is 19.1 Å². The third kappa shape index (κ3) is 7.62. The molecule has 1 saturated carbocycles. The van der Waals surface area contributed by atoms with Gasteiger partial charge >= 0.3 is 6.03 Å². The second kappa shape index (κ2) is 14.2. The number of amides is 2. The topological polar surface area (TPSA) is 137 Å². The highest BCUT2D eigenvalue weighted by Gasteiger charge is 2.31. The van der Waals surface area contributed by atoms with Crippen molar-refractivity contribution in [2.45, 2.75) is 50.7 Å². The van der Waals surface area contributed by atoms with Crippen LogP contribution in [0.25, 0.3) is 11.1 Å².